The number of rotatable bonds is 1. The highest BCUT2D eigenvalue weighted by Crippen LogP contribution is 2.34. The van der Waals surface area contributed by atoms with Crippen molar-refractivity contribution < 1.29 is 0 Å². The molecule has 0 bridgehead atoms. The van der Waals surface area contributed by atoms with E-state index < -0.39 is 0 Å². The molecule has 1 aromatic carbocycles. The standard InChI is InChI=1S/C11H7ClN2S/c1-7-4-2-3-5-8(7)10-9(6-13)14-11(12)15-10/h2-5H,1H3. The Kier molecular flexibility index (Phi) is 2.72. The summed E-state index contributed by atoms with van der Waals surface area (Å²) in [5.41, 5.74) is 2.55. The number of aromatic nitrogens is 1. The second-order valence-electron chi connectivity index (χ2n) is 3.07. The Labute approximate surface area is 96.8 Å². The molecule has 0 fully saturated rings. The SMILES string of the molecule is Cc1ccccc1-c1sc(Cl)nc1C#N. The monoisotopic (exact) mass is 234 g/mol. The van der Waals surface area contributed by atoms with E-state index in [0.29, 0.717) is 10.2 Å². The van der Waals surface area contributed by atoms with Crippen molar-refractivity contribution in [2.75, 3.05) is 0 Å². The molecule has 0 aliphatic rings. The van der Waals surface area contributed by atoms with E-state index in [0.717, 1.165) is 16.0 Å². The summed E-state index contributed by atoms with van der Waals surface area (Å²) in [6.45, 7) is 2.00. The van der Waals surface area contributed by atoms with Gasteiger partial charge in [0.1, 0.15) is 6.07 Å². The molecule has 15 heavy (non-hydrogen) atoms. The molecule has 0 amide bonds. The van der Waals surface area contributed by atoms with Crippen LogP contribution in [0.1, 0.15) is 11.3 Å². The lowest BCUT2D eigenvalue weighted by atomic mass is 10.1. The summed E-state index contributed by atoms with van der Waals surface area (Å²) in [6.07, 6.45) is 0. The van der Waals surface area contributed by atoms with Crippen molar-refractivity contribution in [1.82, 2.24) is 4.98 Å². The number of nitriles is 1. The van der Waals surface area contributed by atoms with Crippen LogP contribution in [0, 0.1) is 18.3 Å². The number of aryl methyl sites for hydroxylation is 1. The van der Waals surface area contributed by atoms with Gasteiger partial charge in [-0.25, -0.2) is 4.98 Å². The fourth-order valence-electron chi connectivity index (χ4n) is 1.38. The van der Waals surface area contributed by atoms with Gasteiger partial charge in [-0.05, 0) is 18.1 Å². The Balaban J connectivity index is 2.65. The molecule has 0 saturated carbocycles. The molecule has 74 valence electrons. The molecule has 0 saturated heterocycles. The fraction of sp³-hybridized carbons (Fsp3) is 0.0909. The molecule has 0 aliphatic carbocycles. The number of halogens is 1. The molecule has 1 heterocycles. The smallest absolute Gasteiger partial charge is 0.185 e. The number of thiazole rings is 1. The van der Waals surface area contributed by atoms with Crippen LogP contribution in [0.4, 0.5) is 0 Å². The highest BCUT2D eigenvalue weighted by molar-refractivity contribution is 7.19. The summed E-state index contributed by atoms with van der Waals surface area (Å²) in [6, 6.07) is 9.94. The third-order valence-corrected chi connectivity index (χ3v) is 3.29. The predicted molar refractivity (Wildman–Crippen MR) is 62.0 cm³/mol. The molecule has 0 radical (unpaired) electrons. The minimum atomic E-state index is 0.402. The third kappa shape index (κ3) is 1.87. The second kappa shape index (κ2) is 4.01. The van der Waals surface area contributed by atoms with Gasteiger partial charge in [0.05, 0.1) is 4.88 Å². The minimum Gasteiger partial charge on any atom is -0.213 e. The largest absolute Gasteiger partial charge is 0.213 e. The molecular formula is C11H7ClN2S. The first kappa shape index (κ1) is 10.2. The average Bonchev–Trinajstić information content (AvgIpc) is 2.60. The van der Waals surface area contributed by atoms with Crippen molar-refractivity contribution >= 4 is 22.9 Å². The molecule has 0 aliphatic heterocycles. The maximum absolute atomic E-state index is 8.92. The van der Waals surface area contributed by atoms with Crippen LogP contribution in [0.3, 0.4) is 0 Å². The summed E-state index contributed by atoms with van der Waals surface area (Å²) < 4.78 is 0.407. The van der Waals surface area contributed by atoms with Gasteiger partial charge in [0.15, 0.2) is 10.2 Å². The second-order valence-corrected chi connectivity index (χ2v) is 4.65. The predicted octanol–water partition coefficient (Wildman–Crippen LogP) is 3.64. The van der Waals surface area contributed by atoms with Crippen molar-refractivity contribution in [3.05, 3.63) is 40.0 Å². The van der Waals surface area contributed by atoms with Crippen molar-refractivity contribution in [1.29, 1.82) is 5.26 Å². The molecule has 1 aromatic heterocycles. The zero-order valence-electron chi connectivity index (χ0n) is 7.99. The van der Waals surface area contributed by atoms with Crippen LogP contribution in [0.2, 0.25) is 4.47 Å². The molecule has 0 N–H and O–H groups in total. The highest BCUT2D eigenvalue weighted by atomic mass is 35.5. The maximum Gasteiger partial charge on any atom is 0.185 e. The van der Waals surface area contributed by atoms with Crippen LogP contribution in [-0.2, 0) is 0 Å². The fourth-order valence-corrected chi connectivity index (χ4v) is 2.53. The third-order valence-electron chi connectivity index (χ3n) is 2.10. The van der Waals surface area contributed by atoms with E-state index in [1.807, 2.05) is 31.2 Å². The lowest BCUT2D eigenvalue weighted by Crippen LogP contribution is -1.82. The molecule has 0 atom stereocenters. The number of hydrogen-bond acceptors (Lipinski definition) is 3. The van der Waals surface area contributed by atoms with Gasteiger partial charge in [0, 0.05) is 0 Å². The van der Waals surface area contributed by atoms with Crippen LogP contribution in [-0.4, -0.2) is 4.98 Å². The Bertz CT molecular complexity index is 540. The van der Waals surface area contributed by atoms with Crippen molar-refractivity contribution in [2.24, 2.45) is 0 Å². The number of nitrogens with zero attached hydrogens (tertiary/aromatic N) is 2. The van der Waals surface area contributed by atoms with Crippen LogP contribution in [0.5, 0.6) is 0 Å². The van der Waals surface area contributed by atoms with Gasteiger partial charge in [0.2, 0.25) is 0 Å². The van der Waals surface area contributed by atoms with E-state index in [4.69, 9.17) is 16.9 Å². The van der Waals surface area contributed by atoms with Crippen LogP contribution >= 0.6 is 22.9 Å². The first-order valence-corrected chi connectivity index (χ1v) is 5.54. The molecule has 2 aromatic rings. The quantitative estimate of drug-likeness (QED) is 0.755. The highest BCUT2D eigenvalue weighted by Gasteiger charge is 2.12. The van der Waals surface area contributed by atoms with Gasteiger partial charge in [-0.1, -0.05) is 35.9 Å². The van der Waals surface area contributed by atoms with Crippen molar-refractivity contribution in [3.8, 4) is 16.5 Å². The van der Waals surface area contributed by atoms with Gasteiger partial charge in [-0.15, -0.1) is 11.3 Å². The molecule has 4 heteroatoms. The summed E-state index contributed by atoms with van der Waals surface area (Å²) in [4.78, 5) is 4.82. The van der Waals surface area contributed by atoms with E-state index in [1.165, 1.54) is 11.3 Å². The van der Waals surface area contributed by atoms with Gasteiger partial charge in [-0.3, -0.25) is 0 Å². The van der Waals surface area contributed by atoms with E-state index >= 15 is 0 Å². The van der Waals surface area contributed by atoms with E-state index in [-0.39, 0.29) is 0 Å². The summed E-state index contributed by atoms with van der Waals surface area (Å²) in [5, 5.41) is 8.92. The van der Waals surface area contributed by atoms with Crippen LogP contribution < -0.4 is 0 Å². The van der Waals surface area contributed by atoms with E-state index in [1.54, 1.807) is 0 Å². The Hall–Kier alpha value is -1.37. The lowest BCUT2D eigenvalue weighted by molar-refractivity contribution is 1.33. The van der Waals surface area contributed by atoms with Crippen LogP contribution in [0.15, 0.2) is 24.3 Å². The number of benzene rings is 1. The zero-order valence-corrected chi connectivity index (χ0v) is 9.56. The Morgan fingerprint density at radius 2 is 2.13 bits per heavy atom. The number of hydrogen-bond donors (Lipinski definition) is 0. The average molecular weight is 235 g/mol. The van der Waals surface area contributed by atoms with Gasteiger partial charge >= 0.3 is 0 Å². The summed E-state index contributed by atoms with van der Waals surface area (Å²) in [5.74, 6) is 0. The topological polar surface area (TPSA) is 36.7 Å². The first-order chi connectivity index (χ1) is 7.22. The van der Waals surface area contributed by atoms with Gasteiger partial charge in [-0.2, -0.15) is 5.26 Å². The Morgan fingerprint density at radius 3 is 2.80 bits per heavy atom. The van der Waals surface area contributed by atoms with Gasteiger partial charge in [0.25, 0.3) is 0 Å². The normalized spacial score (nSPS) is 9.93. The molecular weight excluding hydrogens is 228 g/mol. The maximum atomic E-state index is 8.92. The minimum absolute atomic E-state index is 0.402. The molecule has 2 nitrogen and oxygen atoms in total. The van der Waals surface area contributed by atoms with Crippen LogP contribution in [0.25, 0.3) is 10.4 Å². The lowest BCUT2D eigenvalue weighted by Gasteiger charge is -2.01. The zero-order chi connectivity index (χ0) is 10.8. The summed E-state index contributed by atoms with van der Waals surface area (Å²) >= 11 is 7.14. The van der Waals surface area contributed by atoms with E-state index in [2.05, 4.69) is 11.1 Å². The van der Waals surface area contributed by atoms with Crippen molar-refractivity contribution in [2.45, 2.75) is 6.92 Å². The first-order valence-electron chi connectivity index (χ1n) is 4.35. The summed E-state index contributed by atoms with van der Waals surface area (Å²) in [7, 11) is 0. The van der Waals surface area contributed by atoms with Gasteiger partial charge < -0.3 is 0 Å². The van der Waals surface area contributed by atoms with Crippen molar-refractivity contribution in [3.63, 3.8) is 0 Å². The van der Waals surface area contributed by atoms with E-state index in [9.17, 15) is 0 Å². The molecule has 0 unspecified atom stereocenters. The molecule has 2 rings (SSSR count). The Morgan fingerprint density at radius 1 is 1.40 bits per heavy atom. The molecule has 0 spiro atoms.